The van der Waals surface area contributed by atoms with E-state index in [1.54, 1.807) is 0 Å². The van der Waals surface area contributed by atoms with Crippen LogP contribution >= 0.6 is 0 Å². The summed E-state index contributed by atoms with van der Waals surface area (Å²) in [5.41, 5.74) is 4.87. The predicted molar refractivity (Wildman–Crippen MR) is 38.9 cm³/mol. The molecule has 0 aliphatic carbocycles. The van der Waals surface area contributed by atoms with E-state index in [9.17, 15) is 0 Å². The molecule has 0 saturated carbocycles. The number of hydrogen-bond acceptors (Lipinski definition) is 1. The first kappa shape index (κ1) is 4.50. The van der Waals surface area contributed by atoms with E-state index in [4.69, 9.17) is 0 Å². The maximum Gasteiger partial charge on any atom is 0.0918 e. The Bertz CT molecular complexity index is 401. The quantitative estimate of drug-likeness (QED) is 0.490. The van der Waals surface area contributed by atoms with Crippen molar-refractivity contribution >= 4 is 11.0 Å². The smallest absolute Gasteiger partial charge is 0.0918 e. The topological polar surface area (TPSA) is 28.7 Å². The molecule has 0 aromatic carbocycles. The van der Waals surface area contributed by atoms with Crippen LogP contribution in [0.25, 0.3) is 11.0 Å². The molecule has 2 heteroatoms. The van der Waals surface area contributed by atoms with Crippen molar-refractivity contribution in [2.24, 2.45) is 0 Å². The van der Waals surface area contributed by atoms with Gasteiger partial charge >= 0.3 is 0 Å². The number of H-pyrrole nitrogens is 1. The number of aromatic nitrogens is 2. The zero-order valence-corrected chi connectivity index (χ0v) is 5.39. The number of nitrogens with one attached hydrogen (secondary N) is 1. The standard InChI is InChI=1S/C8H6N2/c1-2-7-8-5(4-9-7)3-6(1)10-8/h1-2,4,9H,3H2. The summed E-state index contributed by atoms with van der Waals surface area (Å²) in [6.07, 6.45) is 3.06. The van der Waals surface area contributed by atoms with Gasteiger partial charge in [0.2, 0.25) is 0 Å². The Morgan fingerprint density at radius 1 is 1.40 bits per heavy atom. The van der Waals surface area contributed by atoms with Gasteiger partial charge in [-0.15, -0.1) is 0 Å². The molecule has 0 radical (unpaired) electrons. The van der Waals surface area contributed by atoms with E-state index >= 15 is 0 Å². The molecule has 1 aliphatic rings. The summed E-state index contributed by atoms with van der Waals surface area (Å²) in [5.74, 6) is 0. The number of aromatic amines is 1. The summed E-state index contributed by atoms with van der Waals surface area (Å²) < 4.78 is 0. The van der Waals surface area contributed by atoms with Crippen molar-refractivity contribution in [3.05, 3.63) is 29.6 Å². The summed E-state index contributed by atoms with van der Waals surface area (Å²) in [5, 5.41) is 0. The average Bonchev–Trinajstić information content (AvgIpc) is 2.38. The van der Waals surface area contributed by atoms with Gasteiger partial charge in [0.05, 0.1) is 11.0 Å². The van der Waals surface area contributed by atoms with Crippen LogP contribution in [0, 0.1) is 0 Å². The highest BCUT2D eigenvalue weighted by molar-refractivity contribution is 5.81. The van der Waals surface area contributed by atoms with Crippen molar-refractivity contribution < 1.29 is 0 Å². The van der Waals surface area contributed by atoms with Crippen LogP contribution in [-0.4, -0.2) is 9.97 Å². The number of hydrogen-bond donors (Lipinski definition) is 1. The lowest BCUT2D eigenvalue weighted by Crippen LogP contribution is -1.80. The molecule has 0 fully saturated rings. The Kier molecular flexibility index (Phi) is 0.556. The van der Waals surface area contributed by atoms with E-state index in [-0.39, 0.29) is 0 Å². The van der Waals surface area contributed by atoms with Crippen LogP contribution in [0.2, 0.25) is 0 Å². The van der Waals surface area contributed by atoms with Gasteiger partial charge in [-0.2, -0.15) is 0 Å². The molecule has 10 heavy (non-hydrogen) atoms. The van der Waals surface area contributed by atoms with E-state index in [0.29, 0.717) is 0 Å². The fourth-order valence-corrected chi connectivity index (χ4v) is 1.52. The molecule has 0 spiro atoms. The molecular weight excluding hydrogens is 124 g/mol. The highest BCUT2D eigenvalue weighted by atomic mass is 14.8. The largest absolute Gasteiger partial charge is 0.360 e. The Morgan fingerprint density at radius 2 is 2.40 bits per heavy atom. The van der Waals surface area contributed by atoms with Crippen molar-refractivity contribution in [3.8, 4) is 0 Å². The highest BCUT2D eigenvalue weighted by Crippen LogP contribution is 2.24. The van der Waals surface area contributed by atoms with Crippen molar-refractivity contribution in [2.45, 2.75) is 6.42 Å². The van der Waals surface area contributed by atoms with Gasteiger partial charge in [-0.05, 0) is 12.1 Å². The maximum atomic E-state index is 4.40. The minimum absolute atomic E-state index is 1.02. The molecule has 0 atom stereocenters. The minimum Gasteiger partial charge on any atom is -0.360 e. The molecule has 48 valence electrons. The lowest BCUT2D eigenvalue weighted by molar-refractivity contribution is 1.17. The second-order valence-electron chi connectivity index (χ2n) is 2.69. The summed E-state index contributed by atoms with van der Waals surface area (Å²) in [6.45, 7) is 0. The van der Waals surface area contributed by atoms with Gasteiger partial charge < -0.3 is 4.98 Å². The summed E-state index contributed by atoms with van der Waals surface area (Å²) in [4.78, 5) is 7.57. The maximum absolute atomic E-state index is 4.40. The number of nitrogens with zero attached hydrogens (tertiary/aromatic N) is 1. The van der Waals surface area contributed by atoms with Crippen LogP contribution in [0.3, 0.4) is 0 Å². The second-order valence-corrected chi connectivity index (χ2v) is 2.69. The van der Waals surface area contributed by atoms with Gasteiger partial charge in [0, 0.05) is 23.9 Å². The molecule has 1 N–H and O–H groups in total. The van der Waals surface area contributed by atoms with E-state index in [2.05, 4.69) is 22.1 Å². The fourth-order valence-electron chi connectivity index (χ4n) is 1.52. The zero-order valence-electron chi connectivity index (χ0n) is 5.39. The molecule has 3 rings (SSSR count). The van der Waals surface area contributed by atoms with Gasteiger partial charge in [-0.1, -0.05) is 0 Å². The van der Waals surface area contributed by atoms with E-state index in [1.165, 1.54) is 11.3 Å². The first-order valence-corrected chi connectivity index (χ1v) is 3.39. The first-order chi connectivity index (χ1) is 4.93. The van der Waals surface area contributed by atoms with Gasteiger partial charge in [-0.25, -0.2) is 0 Å². The summed E-state index contributed by atoms with van der Waals surface area (Å²) in [7, 11) is 0. The van der Waals surface area contributed by atoms with Crippen molar-refractivity contribution in [3.63, 3.8) is 0 Å². The molecule has 2 aromatic heterocycles. The molecular formula is C8H6N2. The predicted octanol–water partition coefficient (Wildman–Crippen LogP) is 1.47. The van der Waals surface area contributed by atoms with Crippen LogP contribution in [0.15, 0.2) is 18.3 Å². The minimum atomic E-state index is 1.02. The molecule has 2 nitrogen and oxygen atoms in total. The van der Waals surface area contributed by atoms with Gasteiger partial charge in [0.25, 0.3) is 0 Å². The van der Waals surface area contributed by atoms with Crippen molar-refractivity contribution in [2.75, 3.05) is 0 Å². The molecule has 0 unspecified atom stereocenters. The Labute approximate surface area is 57.9 Å². The Hall–Kier alpha value is -1.31. The molecule has 2 bridgehead atoms. The van der Waals surface area contributed by atoms with Crippen LogP contribution in [-0.2, 0) is 6.42 Å². The normalized spacial score (nSPS) is 13.6. The van der Waals surface area contributed by atoms with Crippen molar-refractivity contribution in [1.29, 1.82) is 0 Å². The van der Waals surface area contributed by atoms with E-state index in [1.807, 2.05) is 6.20 Å². The van der Waals surface area contributed by atoms with Crippen LogP contribution in [0.5, 0.6) is 0 Å². The molecule has 2 aromatic rings. The fraction of sp³-hybridized carbons (Fsp3) is 0.125. The van der Waals surface area contributed by atoms with E-state index in [0.717, 1.165) is 17.5 Å². The SMILES string of the molecule is c1cc2[nH]cc3c2nc1C3. The highest BCUT2D eigenvalue weighted by Gasteiger charge is 2.13. The third kappa shape index (κ3) is 0.355. The lowest BCUT2D eigenvalue weighted by Gasteiger charge is -1.87. The molecule has 3 heterocycles. The monoisotopic (exact) mass is 130 g/mol. The molecule has 0 amide bonds. The number of rotatable bonds is 0. The van der Waals surface area contributed by atoms with Gasteiger partial charge in [0.15, 0.2) is 0 Å². The lowest BCUT2D eigenvalue weighted by atomic mass is 10.2. The number of fused-ring (bicyclic) bond motifs is 1. The van der Waals surface area contributed by atoms with E-state index < -0.39 is 0 Å². The first-order valence-electron chi connectivity index (χ1n) is 3.39. The van der Waals surface area contributed by atoms with Crippen LogP contribution in [0.4, 0.5) is 0 Å². The Morgan fingerprint density at radius 3 is 3.40 bits per heavy atom. The Balaban J connectivity index is 2.70. The summed E-state index contributed by atoms with van der Waals surface area (Å²) >= 11 is 0. The van der Waals surface area contributed by atoms with Gasteiger partial charge in [-0.3, -0.25) is 4.98 Å². The van der Waals surface area contributed by atoms with Crippen LogP contribution in [0.1, 0.15) is 11.3 Å². The number of pyridine rings is 1. The van der Waals surface area contributed by atoms with Gasteiger partial charge in [0.1, 0.15) is 0 Å². The average molecular weight is 130 g/mol. The molecule has 0 saturated heterocycles. The third-order valence-corrected chi connectivity index (χ3v) is 2.03. The summed E-state index contributed by atoms with van der Waals surface area (Å²) in [6, 6.07) is 4.17. The zero-order chi connectivity index (χ0) is 6.55. The second kappa shape index (κ2) is 1.24. The van der Waals surface area contributed by atoms with Crippen LogP contribution < -0.4 is 0 Å². The third-order valence-electron chi connectivity index (χ3n) is 2.03. The molecule has 1 aliphatic heterocycles. The van der Waals surface area contributed by atoms with Crippen molar-refractivity contribution in [1.82, 2.24) is 9.97 Å².